The smallest absolute Gasteiger partial charge is 0.459 e. The van der Waals surface area contributed by atoms with Crippen LogP contribution in [-0.2, 0) is 23.4 Å². The van der Waals surface area contributed by atoms with Gasteiger partial charge in [0.05, 0.1) is 19.0 Å². The number of hydrogen-bond donors (Lipinski definition) is 3. The van der Waals surface area contributed by atoms with E-state index in [1.165, 1.54) is 74.0 Å². The Bertz CT molecular complexity index is 1440. The molecule has 3 unspecified atom stereocenters. The number of benzene rings is 1. The Hall–Kier alpha value is -2.29. The summed E-state index contributed by atoms with van der Waals surface area (Å²) in [6.45, 7) is 7.22. The van der Waals surface area contributed by atoms with Crippen LogP contribution in [0.25, 0.3) is 11.2 Å². The number of nitrogens with zero attached hydrogens (tertiary/aromatic N) is 4. The van der Waals surface area contributed by atoms with Gasteiger partial charge in [0.1, 0.15) is 46.0 Å². The molecule has 3 N–H and O–H groups in total. The highest BCUT2D eigenvalue weighted by Gasteiger charge is 2.54. The van der Waals surface area contributed by atoms with Gasteiger partial charge in [-0.2, -0.15) is 5.09 Å². The number of rotatable bonds is 11. The van der Waals surface area contributed by atoms with E-state index in [0.29, 0.717) is 21.2 Å². The van der Waals surface area contributed by atoms with Gasteiger partial charge in [-0.05, 0) is 65.1 Å². The van der Waals surface area contributed by atoms with Gasteiger partial charge < -0.3 is 24.2 Å². The summed E-state index contributed by atoms with van der Waals surface area (Å²) in [5.74, 6) is -0.542. The molecular weight excluding hydrogens is 597 g/mol. The van der Waals surface area contributed by atoms with Crippen LogP contribution in [0, 0.1) is 0 Å². The fourth-order valence-electron chi connectivity index (χ4n) is 4.17. The molecule has 3 aromatic rings. The summed E-state index contributed by atoms with van der Waals surface area (Å²) in [5, 5.41) is 26.0. The molecule has 0 radical (unpaired) electrons. The zero-order valence-corrected chi connectivity index (χ0v) is 25.8. The van der Waals surface area contributed by atoms with E-state index in [1.54, 1.807) is 13.8 Å². The van der Waals surface area contributed by atoms with Crippen molar-refractivity contribution in [2.24, 2.45) is 0 Å². The molecule has 5 atom stereocenters. The van der Waals surface area contributed by atoms with Gasteiger partial charge >= 0.3 is 13.7 Å². The van der Waals surface area contributed by atoms with Crippen molar-refractivity contribution in [1.82, 2.24) is 24.6 Å². The third-order valence-corrected chi connectivity index (χ3v) is 8.95. The van der Waals surface area contributed by atoms with Gasteiger partial charge in [0.15, 0.2) is 11.9 Å². The van der Waals surface area contributed by atoms with Gasteiger partial charge in [0.25, 0.3) is 0 Å². The Morgan fingerprint density at radius 3 is 2.61 bits per heavy atom. The number of aromatic nitrogens is 4. The molecule has 0 bridgehead atoms. The SMILES string of the molecule is CSc1ncnc2c1ncn2C1OC(COP(=O)(NC(C)(C)C(=O)OC(C)C)Oc2ccc(Cl)cc2)[C@@H](O)[C@@]1(C)O. The molecule has 0 spiro atoms. The fourth-order valence-corrected chi connectivity index (χ4v) is 6.46. The van der Waals surface area contributed by atoms with Gasteiger partial charge in [-0.3, -0.25) is 13.9 Å². The van der Waals surface area contributed by atoms with Crippen LogP contribution in [0.3, 0.4) is 0 Å². The van der Waals surface area contributed by atoms with Crippen LogP contribution in [0.5, 0.6) is 5.75 Å². The molecule has 1 aromatic carbocycles. The Labute approximate surface area is 246 Å². The maximum atomic E-state index is 14.0. The molecule has 4 rings (SSSR count). The predicted octanol–water partition coefficient (Wildman–Crippen LogP) is 3.73. The number of esters is 1. The van der Waals surface area contributed by atoms with Crippen molar-refractivity contribution < 1.29 is 38.1 Å². The van der Waals surface area contributed by atoms with Gasteiger partial charge in [-0.1, -0.05) is 11.6 Å². The third-order valence-electron chi connectivity index (χ3n) is 6.24. The van der Waals surface area contributed by atoms with Crippen LogP contribution in [0.1, 0.15) is 40.8 Å². The molecule has 2 aromatic heterocycles. The van der Waals surface area contributed by atoms with Crippen LogP contribution >= 0.6 is 31.1 Å². The number of ether oxygens (including phenoxy) is 2. The Kier molecular flexibility index (Phi) is 9.37. The standard InChI is InChI=1S/C25H33ClN5O8PS/c1-14(2)37-23(33)24(3,4)30-40(35,39-16-9-7-15(26)8-10-16)36-11-17-19(32)25(5,34)22(38-17)31-13-29-18-20(31)27-12-28-21(18)41-6/h7-10,12-14,17,19,22,32,34H,11H2,1-6H3,(H,30,35)/t17?,19-,22?,25-,40?/m1/s1. The van der Waals surface area contributed by atoms with Crippen molar-refractivity contribution in [3.05, 3.63) is 41.9 Å². The van der Waals surface area contributed by atoms with Gasteiger partial charge in [0, 0.05) is 5.02 Å². The quantitative estimate of drug-likeness (QED) is 0.122. The number of fused-ring (bicyclic) bond motifs is 1. The van der Waals surface area contributed by atoms with Crippen molar-refractivity contribution in [1.29, 1.82) is 0 Å². The van der Waals surface area contributed by atoms with E-state index in [2.05, 4.69) is 20.0 Å². The molecular formula is C25H33ClN5O8PS. The molecule has 0 aliphatic carbocycles. The zero-order valence-electron chi connectivity index (χ0n) is 23.3. The summed E-state index contributed by atoms with van der Waals surface area (Å²) in [4.78, 5) is 25.5. The average molecular weight is 630 g/mol. The number of thioether (sulfide) groups is 1. The lowest BCUT2D eigenvalue weighted by Gasteiger charge is -2.30. The molecule has 3 heterocycles. The van der Waals surface area contributed by atoms with E-state index in [4.69, 9.17) is 30.1 Å². The number of imidazole rings is 1. The fraction of sp³-hybridized carbons (Fsp3) is 0.520. The number of hydrogen-bond acceptors (Lipinski definition) is 12. The van der Waals surface area contributed by atoms with Crippen molar-refractivity contribution in [3.63, 3.8) is 0 Å². The van der Waals surface area contributed by atoms with E-state index in [9.17, 15) is 19.6 Å². The van der Waals surface area contributed by atoms with Crippen LogP contribution in [0.15, 0.2) is 41.9 Å². The molecule has 41 heavy (non-hydrogen) atoms. The lowest BCUT2D eigenvalue weighted by Crippen LogP contribution is -2.48. The second-order valence-electron chi connectivity index (χ2n) is 10.4. The molecule has 224 valence electrons. The van der Waals surface area contributed by atoms with Crippen molar-refractivity contribution >= 4 is 48.2 Å². The van der Waals surface area contributed by atoms with Crippen molar-refractivity contribution in [2.45, 2.75) is 75.3 Å². The maximum absolute atomic E-state index is 14.0. The first kappa shape index (κ1) is 31.6. The maximum Gasteiger partial charge on any atom is 0.459 e. The van der Waals surface area contributed by atoms with E-state index in [0.717, 1.165) is 0 Å². The van der Waals surface area contributed by atoms with Crippen LogP contribution in [0.2, 0.25) is 5.02 Å². The Morgan fingerprint density at radius 2 is 1.98 bits per heavy atom. The monoisotopic (exact) mass is 629 g/mol. The van der Waals surface area contributed by atoms with Crippen LogP contribution < -0.4 is 9.61 Å². The summed E-state index contributed by atoms with van der Waals surface area (Å²) >= 11 is 7.35. The Morgan fingerprint density at radius 1 is 1.29 bits per heavy atom. The highest BCUT2D eigenvalue weighted by atomic mass is 35.5. The minimum Gasteiger partial charge on any atom is -0.462 e. The highest BCUT2D eigenvalue weighted by Crippen LogP contribution is 2.48. The molecule has 16 heteroatoms. The van der Waals surface area contributed by atoms with Crippen LogP contribution in [-0.4, -0.2) is 78.0 Å². The second-order valence-corrected chi connectivity index (χ2v) is 13.3. The molecule has 0 saturated carbocycles. The van der Waals surface area contributed by atoms with Gasteiger partial charge in [-0.15, -0.1) is 11.8 Å². The lowest BCUT2D eigenvalue weighted by molar-refractivity contribution is -0.153. The normalized spacial score (nSPS) is 24.5. The number of halogens is 1. The molecule has 0 amide bonds. The second kappa shape index (κ2) is 12.1. The topological polar surface area (TPSA) is 167 Å². The molecule has 1 saturated heterocycles. The summed E-state index contributed by atoms with van der Waals surface area (Å²) < 4.78 is 38.2. The third kappa shape index (κ3) is 6.86. The van der Waals surface area contributed by atoms with E-state index in [-0.39, 0.29) is 5.75 Å². The van der Waals surface area contributed by atoms with E-state index in [1.807, 2.05) is 6.26 Å². The predicted molar refractivity (Wildman–Crippen MR) is 152 cm³/mol. The lowest BCUT2D eigenvalue weighted by atomic mass is 9.96. The highest BCUT2D eigenvalue weighted by molar-refractivity contribution is 7.98. The number of aliphatic hydroxyl groups is 2. The summed E-state index contributed by atoms with van der Waals surface area (Å²) in [6, 6.07) is 6.03. The molecule has 1 aliphatic rings. The average Bonchev–Trinajstić information content (AvgIpc) is 3.41. The number of aliphatic hydroxyl groups excluding tert-OH is 1. The molecule has 1 aliphatic heterocycles. The number of carbonyl (C=O) groups excluding carboxylic acids is 1. The summed E-state index contributed by atoms with van der Waals surface area (Å²) in [7, 11) is -4.33. The van der Waals surface area contributed by atoms with Crippen LogP contribution in [0.4, 0.5) is 0 Å². The van der Waals surface area contributed by atoms with Gasteiger partial charge in [-0.25, -0.2) is 19.5 Å². The van der Waals surface area contributed by atoms with Crippen molar-refractivity contribution in [2.75, 3.05) is 12.9 Å². The zero-order chi connectivity index (χ0) is 30.2. The van der Waals surface area contributed by atoms with E-state index < -0.39 is 56.0 Å². The first-order valence-electron chi connectivity index (χ1n) is 12.6. The molecule has 1 fully saturated rings. The summed E-state index contributed by atoms with van der Waals surface area (Å²) in [5.41, 5.74) is -2.41. The number of nitrogens with one attached hydrogen (secondary N) is 1. The molecule has 13 nitrogen and oxygen atoms in total. The minimum atomic E-state index is -4.33. The van der Waals surface area contributed by atoms with Crippen molar-refractivity contribution in [3.8, 4) is 5.75 Å². The Balaban J connectivity index is 1.58. The van der Waals surface area contributed by atoms with E-state index >= 15 is 0 Å². The first-order valence-corrected chi connectivity index (χ1v) is 15.8. The van der Waals surface area contributed by atoms with Gasteiger partial charge in [0.2, 0.25) is 0 Å². The minimum absolute atomic E-state index is 0.144. The number of carbonyl (C=O) groups is 1. The first-order chi connectivity index (χ1) is 19.2. The largest absolute Gasteiger partial charge is 0.462 e. The summed E-state index contributed by atoms with van der Waals surface area (Å²) in [6.07, 6.45) is 0.477.